The van der Waals surface area contributed by atoms with Gasteiger partial charge in [0.2, 0.25) is 0 Å². The van der Waals surface area contributed by atoms with E-state index in [4.69, 9.17) is 0 Å². The molecule has 0 radical (unpaired) electrons. The number of carbonyl (C=O) groups is 1. The van der Waals surface area contributed by atoms with Gasteiger partial charge in [-0.3, -0.25) is 4.40 Å². The lowest BCUT2D eigenvalue weighted by Crippen LogP contribution is -3.10. The van der Waals surface area contributed by atoms with E-state index in [2.05, 4.69) is 18.8 Å². The van der Waals surface area contributed by atoms with E-state index in [0.29, 0.717) is 12.2 Å². The van der Waals surface area contributed by atoms with E-state index < -0.39 is 5.97 Å². The summed E-state index contributed by atoms with van der Waals surface area (Å²) in [5.74, 6) is -1.19. The number of carbonyl (C=O) groups excluding carboxylic acids is 1. The van der Waals surface area contributed by atoms with Crippen LogP contribution in [-0.2, 0) is 6.54 Å². The first-order valence-electron chi connectivity index (χ1n) is 7.60. The highest BCUT2D eigenvalue weighted by Gasteiger charge is 2.19. The number of nitrogens with one attached hydrogen (secondary N) is 1. The van der Waals surface area contributed by atoms with Gasteiger partial charge in [-0.05, 0) is 31.9 Å². The van der Waals surface area contributed by atoms with E-state index in [-0.39, 0.29) is 5.69 Å². The van der Waals surface area contributed by atoms with E-state index >= 15 is 0 Å². The number of carboxylic acids is 1. The Balaban J connectivity index is 2.49. The summed E-state index contributed by atoms with van der Waals surface area (Å²) < 4.78 is 1.94. The predicted octanol–water partition coefficient (Wildman–Crippen LogP) is 0.211. The third-order valence-electron chi connectivity index (χ3n) is 3.75. The highest BCUT2D eigenvalue weighted by atomic mass is 16.4. The fourth-order valence-electron chi connectivity index (χ4n) is 2.90. The van der Waals surface area contributed by atoms with Crippen molar-refractivity contribution in [2.24, 2.45) is 0 Å². The Bertz CT molecular complexity index is 628. The highest BCUT2D eigenvalue weighted by Crippen LogP contribution is 2.14. The van der Waals surface area contributed by atoms with Gasteiger partial charge in [-0.2, -0.15) is 0 Å². The van der Waals surface area contributed by atoms with Crippen molar-refractivity contribution in [1.82, 2.24) is 9.38 Å². The van der Waals surface area contributed by atoms with Crippen LogP contribution in [-0.4, -0.2) is 28.4 Å². The van der Waals surface area contributed by atoms with Gasteiger partial charge in [0.1, 0.15) is 23.6 Å². The van der Waals surface area contributed by atoms with E-state index in [1.54, 1.807) is 0 Å². The van der Waals surface area contributed by atoms with Crippen LogP contribution in [0.2, 0.25) is 0 Å². The smallest absolute Gasteiger partial charge is 0.138 e. The Hall–Kier alpha value is -1.88. The third-order valence-corrected chi connectivity index (χ3v) is 3.75. The first-order valence-corrected chi connectivity index (χ1v) is 7.60. The van der Waals surface area contributed by atoms with E-state index in [1.807, 2.05) is 29.5 Å². The Labute approximate surface area is 125 Å². The summed E-state index contributed by atoms with van der Waals surface area (Å²) in [6.07, 6.45) is 2.15. The van der Waals surface area contributed by atoms with Gasteiger partial charge in [-0.15, -0.1) is 0 Å². The minimum Gasteiger partial charge on any atom is -0.543 e. The molecule has 5 heteroatoms. The van der Waals surface area contributed by atoms with Crippen molar-refractivity contribution in [2.45, 2.75) is 40.2 Å². The zero-order valence-electron chi connectivity index (χ0n) is 13.0. The number of aromatic carboxylic acids is 1. The van der Waals surface area contributed by atoms with Gasteiger partial charge in [-0.25, -0.2) is 4.98 Å². The molecule has 0 aliphatic carbocycles. The molecule has 1 N–H and O–H groups in total. The Kier molecular flexibility index (Phi) is 4.96. The maximum Gasteiger partial charge on any atom is 0.138 e. The van der Waals surface area contributed by atoms with Crippen molar-refractivity contribution >= 4 is 11.6 Å². The first kappa shape index (κ1) is 15.5. The van der Waals surface area contributed by atoms with Crippen molar-refractivity contribution in [3.63, 3.8) is 0 Å². The van der Waals surface area contributed by atoms with Crippen molar-refractivity contribution in [3.8, 4) is 0 Å². The standard InChI is InChI=1S/C16H23N3O2/c1-4-9-18(10-5-2)11-13-15(16(20)21)17-14-8-6-7-12(3)19(13)14/h6-8H,4-5,9-11H2,1-3H3,(H,20,21). The van der Waals surface area contributed by atoms with Gasteiger partial charge in [0.05, 0.1) is 19.1 Å². The number of aryl methyl sites for hydroxylation is 1. The van der Waals surface area contributed by atoms with E-state index in [0.717, 1.165) is 37.3 Å². The second-order valence-corrected chi connectivity index (χ2v) is 5.48. The molecule has 21 heavy (non-hydrogen) atoms. The number of fused-ring (bicyclic) bond motifs is 1. The Morgan fingerprint density at radius 1 is 1.29 bits per heavy atom. The number of hydrogen-bond acceptors (Lipinski definition) is 3. The lowest BCUT2D eigenvalue weighted by Gasteiger charge is -2.19. The maximum absolute atomic E-state index is 11.4. The molecule has 0 aliphatic rings. The van der Waals surface area contributed by atoms with E-state index in [1.165, 1.54) is 4.90 Å². The molecule has 0 saturated carbocycles. The second-order valence-electron chi connectivity index (χ2n) is 5.48. The molecular formula is C16H23N3O2. The van der Waals surface area contributed by atoms with Gasteiger partial charge in [0.25, 0.3) is 0 Å². The summed E-state index contributed by atoms with van der Waals surface area (Å²) in [5, 5.41) is 11.4. The Morgan fingerprint density at radius 2 is 1.95 bits per heavy atom. The summed E-state index contributed by atoms with van der Waals surface area (Å²) in [7, 11) is 0. The summed E-state index contributed by atoms with van der Waals surface area (Å²) in [4.78, 5) is 17.0. The molecule has 0 atom stereocenters. The lowest BCUT2D eigenvalue weighted by atomic mass is 10.2. The van der Waals surface area contributed by atoms with Crippen LogP contribution in [0.15, 0.2) is 18.2 Å². The number of aromatic nitrogens is 2. The number of pyridine rings is 1. The molecule has 0 spiro atoms. The lowest BCUT2D eigenvalue weighted by molar-refractivity contribution is -0.914. The molecule has 0 amide bonds. The van der Waals surface area contributed by atoms with Crippen LogP contribution < -0.4 is 10.0 Å². The van der Waals surface area contributed by atoms with Gasteiger partial charge in [0.15, 0.2) is 0 Å². The van der Waals surface area contributed by atoms with Gasteiger partial charge in [0, 0.05) is 5.69 Å². The van der Waals surface area contributed by atoms with Crippen molar-refractivity contribution in [3.05, 3.63) is 35.3 Å². The van der Waals surface area contributed by atoms with Crippen LogP contribution in [0.4, 0.5) is 0 Å². The summed E-state index contributed by atoms with van der Waals surface area (Å²) in [5.41, 5.74) is 2.50. The minimum atomic E-state index is -1.19. The van der Waals surface area contributed by atoms with Crippen LogP contribution in [0.5, 0.6) is 0 Å². The molecule has 114 valence electrons. The molecule has 0 aromatic carbocycles. The fourth-order valence-corrected chi connectivity index (χ4v) is 2.90. The highest BCUT2D eigenvalue weighted by molar-refractivity contribution is 5.86. The molecule has 0 aliphatic heterocycles. The number of rotatable bonds is 7. The molecule has 5 nitrogen and oxygen atoms in total. The quantitative estimate of drug-likeness (QED) is 0.792. The molecule has 2 heterocycles. The number of hydrogen-bond donors (Lipinski definition) is 1. The second kappa shape index (κ2) is 6.72. The van der Waals surface area contributed by atoms with Crippen LogP contribution >= 0.6 is 0 Å². The molecule has 2 aromatic heterocycles. The molecule has 2 aromatic rings. The van der Waals surface area contributed by atoms with Gasteiger partial charge in [-0.1, -0.05) is 19.9 Å². The SMILES string of the molecule is CCC[NH+](CCC)Cc1c(C(=O)[O-])nc2cccc(C)n12. The molecule has 2 rings (SSSR count). The predicted molar refractivity (Wildman–Crippen MR) is 79.2 cm³/mol. The summed E-state index contributed by atoms with van der Waals surface area (Å²) in [6, 6.07) is 5.70. The average molecular weight is 289 g/mol. The molecule has 0 saturated heterocycles. The minimum absolute atomic E-state index is 0.0778. The number of imidazole rings is 1. The average Bonchev–Trinajstić information content (AvgIpc) is 2.80. The molecule has 0 bridgehead atoms. The number of carboxylic acid groups (broad SMARTS) is 1. The van der Waals surface area contributed by atoms with E-state index in [9.17, 15) is 9.90 Å². The largest absolute Gasteiger partial charge is 0.543 e. The van der Waals surface area contributed by atoms with Crippen molar-refractivity contribution in [2.75, 3.05) is 13.1 Å². The Morgan fingerprint density at radius 3 is 2.52 bits per heavy atom. The monoisotopic (exact) mass is 289 g/mol. The van der Waals surface area contributed by atoms with Gasteiger partial charge >= 0.3 is 0 Å². The summed E-state index contributed by atoms with van der Waals surface area (Å²) in [6.45, 7) is 8.98. The molecule has 0 fully saturated rings. The van der Waals surface area contributed by atoms with Crippen molar-refractivity contribution in [1.29, 1.82) is 0 Å². The van der Waals surface area contributed by atoms with Crippen LogP contribution in [0.25, 0.3) is 5.65 Å². The number of nitrogens with zero attached hydrogens (tertiary/aromatic N) is 2. The summed E-state index contributed by atoms with van der Waals surface area (Å²) >= 11 is 0. The van der Waals surface area contributed by atoms with Crippen LogP contribution in [0, 0.1) is 6.92 Å². The fraction of sp³-hybridized carbons (Fsp3) is 0.500. The zero-order valence-corrected chi connectivity index (χ0v) is 13.0. The maximum atomic E-state index is 11.4. The zero-order chi connectivity index (χ0) is 15.4. The molecular weight excluding hydrogens is 266 g/mol. The van der Waals surface area contributed by atoms with Crippen LogP contribution in [0.1, 0.15) is 48.6 Å². The third kappa shape index (κ3) is 3.24. The normalized spacial score (nSPS) is 11.4. The van der Waals surface area contributed by atoms with Crippen LogP contribution in [0.3, 0.4) is 0 Å². The van der Waals surface area contributed by atoms with Crippen molar-refractivity contribution < 1.29 is 14.8 Å². The first-order chi connectivity index (χ1) is 10.1. The number of quaternary nitrogens is 1. The molecule has 0 unspecified atom stereocenters. The topological polar surface area (TPSA) is 61.9 Å². The van der Waals surface area contributed by atoms with Gasteiger partial charge < -0.3 is 14.8 Å².